The van der Waals surface area contributed by atoms with Crippen LogP contribution < -0.4 is 15.5 Å². The number of aromatic nitrogens is 4. The maximum atomic E-state index is 4.36. The zero-order valence-corrected chi connectivity index (χ0v) is 13.0. The van der Waals surface area contributed by atoms with Crippen LogP contribution in [0.15, 0.2) is 6.20 Å². The molecule has 0 saturated carbocycles. The van der Waals surface area contributed by atoms with E-state index in [1.165, 1.54) is 4.88 Å². The molecule has 8 heteroatoms. The number of anilines is 3. The Morgan fingerprint density at radius 3 is 2.55 bits per heavy atom. The molecular weight excluding hydrogens is 274 g/mol. The second-order valence-electron chi connectivity index (χ2n) is 4.35. The molecule has 108 valence electrons. The minimum absolute atomic E-state index is 0.541. The van der Waals surface area contributed by atoms with Gasteiger partial charge in [-0.15, -0.1) is 11.3 Å². The number of thiazole rings is 1. The van der Waals surface area contributed by atoms with Crippen LogP contribution in [-0.2, 0) is 13.0 Å². The van der Waals surface area contributed by atoms with Gasteiger partial charge < -0.3 is 15.5 Å². The van der Waals surface area contributed by atoms with E-state index in [2.05, 4.69) is 37.5 Å². The Morgan fingerprint density at radius 2 is 1.95 bits per heavy atom. The van der Waals surface area contributed by atoms with E-state index >= 15 is 0 Å². The van der Waals surface area contributed by atoms with Crippen molar-refractivity contribution in [1.29, 1.82) is 0 Å². The SMILES string of the molecule is CCc1cnc(CNc2nc(NC)nc(N(C)C)n2)s1. The quantitative estimate of drug-likeness (QED) is 0.837. The number of aryl methyl sites for hydroxylation is 1. The topological polar surface area (TPSA) is 78.9 Å². The van der Waals surface area contributed by atoms with Crippen LogP contribution in [0, 0.1) is 0 Å². The molecule has 0 unspecified atom stereocenters. The summed E-state index contributed by atoms with van der Waals surface area (Å²) in [5, 5.41) is 7.15. The first kappa shape index (κ1) is 14.4. The van der Waals surface area contributed by atoms with Gasteiger partial charge in [0.1, 0.15) is 5.01 Å². The highest BCUT2D eigenvalue weighted by Gasteiger charge is 2.08. The van der Waals surface area contributed by atoms with E-state index in [1.54, 1.807) is 18.4 Å². The van der Waals surface area contributed by atoms with E-state index < -0.39 is 0 Å². The fraction of sp³-hybridized carbons (Fsp3) is 0.500. The summed E-state index contributed by atoms with van der Waals surface area (Å²) in [5.74, 6) is 1.70. The molecule has 2 N–H and O–H groups in total. The van der Waals surface area contributed by atoms with Gasteiger partial charge in [0.25, 0.3) is 0 Å². The molecule has 2 rings (SSSR count). The molecule has 0 radical (unpaired) electrons. The molecule has 0 fully saturated rings. The lowest BCUT2D eigenvalue weighted by molar-refractivity contribution is 0.942. The third-order valence-electron chi connectivity index (χ3n) is 2.59. The van der Waals surface area contributed by atoms with Gasteiger partial charge >= 0.3 is 0 Å². The van der Waals surface area contributed by atoms with Gasteiger partial charge in [0.2, 0.25) is 17.8 Å². The largest absolute Gasteiger partial charge is 0.357 e. The van der Waals surface area contributed by atoms with Gasteiger partial charge in [0.15, 0.2) is 0 Å². The zero-order valence-electron chi connectivity index (χ0n) is 12.1. The highest BCUT2D eigenvalue weighted by Crippen LogP contribution is 2.16. The maximum Gasteiger partial charge on any atom is 0.231 e. The van der Waals surface area contributed by atoms with Crippen LogP contribution in [-0.4, -0.2) is 41.1 Å². The van der Waals surface area contributed by atoms with E-state index in [0.29, 0.717) is 24.4 Å². The fourth-order valence-corrected chi connectivity index (χ4v) is 2.31. The van der Waals surface area contributed by atoms with Gasteiger partial charge in [-0.05, 0) is 6.42 Å². The Kier molecular flexibility index (Phi) is 4.67. The van der Waals surface area contributed by atoms with E-state index in [1.807, 2.05) is 25.2 Å². The van der Waals surface area contributed by atoms with E-state index in [4.69, 9.17) is 0 Å². The molecule has 0 aliphatic rings. The fourth-order valence-electron chi connectivity index (χ4n) is 1.50. The van der Waals surface area contributed by atoms with Crippen LogP contribution >= 0.6 is 11.3 Å². The van der Waals surface area contributed by atoms with Crippen LogP contribution in [0.4, 0.5) is 17.8 Å². The highest BCUT2D eigenvalue weighted by atomic mass is 32.1. The van der Waals surface area contributed by atoms with Gasteiger partial charge in [0, 0.05) is 32.2 Å². The smallest absolute Gasteiger partial charge is 0.231 e. The number of rotatable bonds is 6. The number of nitrogens with zero attached hydrogens (tertiary/aromatic N) is 5. The second-order valence-corrected chi connectivity index (χ2v) is 5.55. The van der Waals surface area contributed by atoms with Crippen molar-refractivity contribution < 1.29 is 0 Å². The molecular formula is C12H19N7S. The van der Waals surface area contributed by atoms with Gasteiger partial charge in [0.05, 0.1) is 6.54 Å². The first-order chi connectivity index (χ1) is 9.62. The van der Waals surface area contributed by atoms with Gasteiger partial charge in [-0.3, -0.25) is 0 Å². The molecule has 0 aliphatic carbocycles. The second kappa shape index (κ2) is 6.47. The summed E-state index contributed by atoms with van der Waals surface area (Å²) in [6, 6.07) is 0. The normalized spacial score (nSPS) is 10.4. The molecule has 0 aromatic carbocycles. The number of hydrogen-bond acceptors (Lipinski definition) is 8. The molecule has 20 heavy (non-hydrogen) atoms. The molecule has 0 aliphatic heterocycles. The average molecular weight is 293 g/mol. The maximum absolute atomic E-state index is 4.36. The van der Waals surface area contributed by atoms with Crippen LogP contribution in [0.25, 0.3) is 0 Å². The summed E-state index contributed by atoms with van der Waals surface area (Å²) in [6.07, 6.45) is 2.93. The molecule has 2 aromatic heterocycles. The molecule has 0 amide bonds. The van der Waals surface area contributed by atoms with Crippen molar-refractivity contribution in [3.05, 3.63) is 16.1 Å². The van der Waals surface area contributed by atoms with Crippen LogP contribution in [0.5, 0.6) is 0 Å². The van der Waals surface area contributed by atoms with Crippen molar-refractivity contribution >= 4 is 29.2 Å². The Morgan fingerprint density at radius 1 is 1.20 bits per heavy atom. The lowest BCUT2D eigenvalue weighted by atomic mass is 10.4. The van der Waals surface area contributed by atoms with Gasteiger partial charge in [-0.2, -0.15) is 15.0 Å². The summed E-state index contributed by atoms with van der Waals surface area (Å²) in [4.78, 5) is 20.4. The minimum atomic E-state index is 0.541. The van der Waals surface area contributed by atoms with Crippen molar-refractivity contribution in [2.24, 2.45) is 0 Å². The van der Waals surface area contributed by atoms with E-state index in [-0.39, 0.29) is 0 Å². The van der Waals surface area contributed by atoms with Crippen molar-refractivity contribution in [3.8, 4) is 0 Å². The van der Waals surface area contributed by atoms with E-state index in [0.717, 1.165) is 11.4 Å². The lowest BCUT2D eigenvalue weighted by Crippen LogP contribution is -2.16. The Balaban J connectivity index is 2.10. The number of hydrogen-bond donors (Lipinski definition) is 2. The van der Waals surface area contributed by atoms with Crippen molar-refractivity contribution in [3.63, 3.8) is 0 Å². The molecule has 0 bridgehead atoms. The Labute approximate surface area is 122 Å². The average Bonchev–Trinajstić information content (AvgIpc) is 2.92. The standard InChI is InChI=1S/C12H19N7S/c1-5-8-6-14-9(20-8)7-15-11-16-10(13-2)17-12(18-11)19(3)4/h6H,5,7H2,1-4H3,(H2,13,15,16,17,18). The molecule has 7 nitrogen and oxygen atoms in total. The first-order valence-electron chi connectivity index (χ1n) is 6.41. The van der Waals surface area contributed by atoms with Crippen molar-refractivity contribution in [1.82, 2.24) is 19.9 Å². The third-order valence-corrected chi connectivity index (χ3v) is 3.74. The highest BCUT2D eigenvalue weighted by molar-refractivity contribution is 7.11. The first-order valence-corrected chi connectivity index (χ1v) is 7.22. The summed E-state index contributed by atoms with van der Waals surface area (Å²) >= 11 is 1.70. The summed E-state index contributed by atoms with van der Waals surface area (Å²) in [7, 11) is 5.58. The summed E-state index contributed by atoms with van der Waals surface area (Å²) in [6.45, 7) is 2.74. The van der Waals surface area contributed by atoms with E-state index in [9.17, 15) is 0 Å². The third kappa shape index (κ3) is 3.53. The van der Waals surface area contributed by atoms with Crippen LogP contribution in [0.2, 0.25) is 0 Å². The van der Waals surface area contributed by atoms with Gasteiger partial charge in [-0.25, -0.2) is 4.98 Å². The Hall–Kier alpha value is -1.96. The summed E-state index contributed by atoms with van der Waals surface area (Å²) < 4.78 is 0. The summed E-state index contributed by atoms with van der Waals surface area (Å²) in [5.41, 5.74) is 0. The molecule has 0 atom stereocenters. The predicted octanol–water partition coefficient (Wildman–Crippen LogP) is 1.61. The van der Waals surface area contributed by atoms with Crippen molar-refractivity contribution in [2.75, 3.05) is 36.7 Å². The predicted molar refractivity (Wildman–Crippen MR) is 82.5 cm³/mol. The monoisotopic (exact) mass is 293 g/mol. The lowest BCUT2D eigenvalue weighted by Gasteiger charge is -2.12. The zero-order chi connectivity index (χ0) is 14.5. The van der Waals surface area contributed by atoms with Crippen molar-refractivity contribution in [2.45, 2.75) is 19.9 Å². The van der Waals surface area contributed by atoms with Crippen LogP contribution in [0.3, 0.4) is 0 Å². The molecule has 0 spiro atoms. The molecule has 0 saturated heterocycles. The van der Waals surface area contributed by atoms with Gasteiger partial charge in [-0.1, -0.05) is 6.92 Å². The number of nitrogens with one attached hydrogen (secondary N) is 2. The minimum Gasteiger partial charge on any atom is -0.357 e. The molecule has 2 aromatic rings. The molecule has 2 heterocycles. The Bertz CT molecular complexity index is 567. The van der Waals surface area contributed by atoms with Crippen LogP contribution in [0.1, 0.15) is 16.8 Å².